The summed E-state index contributed by atoms with van der Waals surface area (Å²) in [6.45, 7) is 5.76. The Balaban J connectivity index is 1.63. The van der Waals surface area contributed by atoms with Gasteiger partial charge in [0.2, 0.25) is 5.71 Å². The van der Waals surface area contributed by atoms with Gasteiger partial charge in [-0.15, -0.1) is 0 Å². The number of hydrogen-bond donors (Lipinski definition) is 1. The van der Waals surface area contributed by atoms with Gasteiger partial charge < -0.3 is 14.9 Å². The monoisotopic (exact) mass is 408 g/mol. The topological polar surface area (TPSA) is 104 Å². The lowest BCUT2D eigenvalue weighted by Gasteiger charge is -2.06. The SMILES string of the molecule is CCOC(=O)c1c(C)oc2nc(CSc3cc(C)c4ccccc4n3)nc(N)c12. The minimum Gasteiger partial charge on any atom is -0.462 e. The Bertz CT molecular complexity index is 1240. The van der Waals surface area contributed by atoms with E-state index in [1.807, 2.05) is 24.3 Å². The normalized spacial score (nSPS) is 11.3. The number of pyridine rings is 1. The Morgan fingerprint density at radius 1 is 1.21 bits per heavy atom. The maximum atomic E-state index is 12.2. The summed E-state index contributed by atoms with van der Waals surface area (Å²) in [5.74, 6) is 1.11. The van der Waals surface area contributed by atoms with Crippen LogP contribution in [0.5, 0.6) is 0 Å². The highest BCUT2D eigenvalue weighted by Crippen LogP contribution is 2.31. The van der Waals surface area contributed by atoms with Crippen LogP contribution in [-0.4, -0.2) is 27.5 Å². The van der Waals surface area contributed by atoms with E-state index in [1.165, 1.54) is 11.8 Å². The molecule has 0 aliphatic carbocycles. The molecule has 0 unspecified atom stereocenters. The third-order valence-electron chi connectivity index (χ3n) is 4.53. The van der Waals surface area contributed by atoms with Gasteiger partial charge in [-0.05, 0) is 38.5 Å². The highest BCUT2D eigenvalue weighted by atomic mass is 32.2. The fraction of sp³-hybridized carbons (Fsp3) is 0.238. The molecule has 3 aromatic heterocycles. The summed E-state index contributed by atoms with van der Waals surface area (Å²) in [5.41, 5.74) is 8.81. The molecule has 0 amide bonds. The molecule has 0 saturated heterocycles. The Labute approximate surface area is 171 Å². The molecule has 0 bridgehead atoms. The van der Waals surface area contributed by atoms with Gasteiger partial charge in [0.25, 0.3) is 0 Å². The quantitative estimate of drug-likeness (QED) is 0.382. The maximum Gasteiger partial charge on any atom is 0.342 e. The Hall–Kier alpha value is -3.13. The van der Waals surface area contributed by atoms with Crippen LogP contribution in [0.15, 0.2) is 39.8 Å². The first kappa shape index (κ1) is 19.2. The number of rotatable bonds is 5. The highest BCUT2D eigenvalue weighted by molar-refractivity contribution is 7.98. The number of hydrogen-bond acceptors (Lipinski definition) is 8. The van der Waals surface area contributed by atoms with Crippen LogP contribution in [0.1, 0.15) is 34.4 Å². The van der Waals surface area contributed by atoms with E-state index < -0.39 is 5.97 Å². The molecule has 8 heteroatoms. The number of carbonyl (C=O) groups is 1. The number of carbonyl (C=O) groups excluding carboxylic acids is 1. The lowest BCUT2D eigenvalue weighted by Crippen LogP contribution is -2.07. The van der Waals surface area contributed by atoms with E-state index in [4.69, 9.17) is 14.9 Å². The average Bonchev–Trinajstić information content (AvgIpc) is 3.03. The van der Waals surface area contributed by atoms with Crippen molar-refractivity contribution < 1.29 is 13.9 Å². The lowest BCUT2D eigenvalue weighted by atomic mass is 10.1. The van der Waals surface area contributed by atoms with Crippen molar-refractivity contribution >= 4 is 45.6 Å². The molecule has 0 aliphatic heterocycles. The van der Waals surface area contributed by atoms with E-state index in [0.717, 1.165) is 21.5 Å². The number of furan rings is 1. The van der Waals surface area contributed by atoms with E-state index >= 15 is 0 Å². The summed E-state index contributed by atoms with van der Waals surface area (Å²) < 4.78 is 10.7. The zero-order valence-corrected chi connectivity index (χ0v) is 17.2. The number of ether oxygens (including phenoxy) is 1. The summed E-state index contributed by atoms with van der Waals surface area (Å²) in [7, 11) is 0. The maximum absolute atomic E-state index is 12.2. The largest absolute Gasteiger partial charge is 0.462 e. The van der Waals surface area contributed by atoms with Gasteiger partial charge in [-0.3, -0.25) is 0 Å². The second-order valence-electron chi connectivity index (χ2n) is 6.54. The molecule has 7 nitrogen and oxygen atoms in total. The number of aromatic nitrogens is 3. The van der Waals surface area contributed by atoms with Crippen molar-refractivity contribution in [1.82, 2.24) is 15.0 Å². The van der Waals surface area contributed by atoms with Crippen molar-refractivity contribution in [3.63, 3.8) is 0 Å². The van der Waals surface area contributed by atoms with Crippen molar-refractivity contribution in [2.24, 2.45) is 0 Å². The van der Waals surface area contributed by atoms with Crippen molar-refractivity contribution in [2.75, 3.05) is 12.3 Å². The number of anilines is 1. The number of fused-ring (bicyclic) bond motifs is 2. The minimum absolute atomic E-state index is 0.202. The van der Waals surface area contributed by atoms with E-state index in [2.05, 4.69) is 27.9 Å². The van der Waals surface area contributed by atoms with Crippen molar-refractivity contribution in [3.05, 3.63) is 53.0 Å². The molecule has 29 heavy (non-hydrogen) atoms. The molecule has 0 fully saturated rings. The number of benzene rings is 1. The number of nitrogens with two attached hydrogens (primary N) is 1. The fourth-order valence-corrected chi connectivity index (χ4v) is 4.06. The second kappa shape index (κ2) is 7.71. The van der Waals surface area contributed by atoms with E-state index in [-0.39, 0.29) is 23.7 Å². The average molecular weight is 408 g/mol. The first-order chi connectivity index (χ1) is 14.0. The third-order valence-corrected chi connectivity index (χ3v) is 5.44. The Morgan fingerprint density at radius 2 is 2.00 bits per heavy atom. The number of nitrogen functional groups attached to an aromatic ring is 1. The zero-order chi connectivity index (χ0) is 20.5. The van der Waals surface area contributed by atoms with Crippen LogP contribution < -0.4 is 5.73 Å². The lowest BCUT2D eigenvalue weighted by molar-refractivity contribution is 0.0526. The molecule has 0 atom stereocenters. The molecular formula is C21H20N4O3S. The fourth-order valence-electron chi connectivity index (χ4n) is 3.23. The predicted octanol–water partition coefficient (Wildman–Crippen LogP) is 4.44. The Morgan fingerprint density at radius 3 is 2.79 bits per heavy atom. The summed E-state index contributed by atoms with van der Waals surface area (Å²) in [6, 6.07) is 10.1. The summed E-state index contributed by atoms with van der Waals surface area (Å²) >= 11 is 1.52. The molecule has 3 heterocycles. The van der Waals surface area contributed by atoms with Gasteiger partial charge in [-0.2, -0.15) is 4.98 Å². The van der Waals surface area contributed by atoms with Crippen molar-refractivity contribution in [2.45, 2.75) is 31.6 Å². The summed E-state index contributed by atoms with van der Waals surface area (Å²) in [5, 5.41) is 2.41. The van der Waals surface area contributed by atoms with Crippen LogP contribution in [0.4, 0.5) is 5.82 Å². The molecule has 0 radical (unpaired) electrons. The number of nitrogens with zero attached hydrogens (tertiary/aromatic N) is 3. The predicted molar refractivity (Wildman–Crippen MR) is 113 cm³/mol. The van der Waals surface area contributed by atoms with Gasteiger partial charge in [0, 0.05) is 5.39 Å². The van der Waals surface area contributed by atoms with E-state index in [0.29, 0.717) is 22.7 Å². The van der Waals surface area contributed by atoms with Gasteiger partial charge in [-0.25, -0.2) is 14.8 Å². The number of para-hydroxylation sites is 1. The van der Waals surface area contributed by atoms with Gasteiger partial charge in [0.05, 0.1) is 28.3 Å². The van der Waals surface area contributed by atoms with Gasteiger partial charge >= 0.3 is 5.97 Å². The molecule has 0 aliphatic rings. The number of esters is 1. The van der Waals surface area contributed by atoms with Crippen molar-refractivity contribution in [3.8, 4) is 0 Å². The van der Waals surface area contributed by atoms with Crippen LogP contribution in [-0.2, 0) is 10.5 Å². The molecule has 2 N–H and O–H groups in total. The van der Waals surface area contributed by atoms with E-state index in [9.17, 15) is 4.79 Å². The summed E-state index contributed by atoms with van der Waals surface area (Å²) in [4.78, 5) is 25.7. The molecule has 4 rings (SSSR count). The molecule has 1 aromatic carbocycles. The van der Waals surface area contributed by atoms with E-state index in [1.54, 1.807) is 13.8 Å². The molecule has 4 aromatic rings. The number of thioether (sulfide) groups is 1. The molecular weight excluding hydrogens is 388 g/mol. The van der Waals surface area contributed by atoms with Gasteiger partial charge in [0.15, 0.2) is 0 Å². The molecule has 0 saturated carbocycles. The van der Waals surface area contributed by atoms with Crippen LogP contribution in [0.2, 0.25) is 0 Å². The standard InChI is InChI=1S/C21H20N4O3S/c1-4-27-21(26)17-12(3)28-20-18(17)19(22)24-15(25-20)10-29-16-9-11(2)13-7-5-6-8-14(13)23-16/h5-9H,4,10H2,1-3H3,(H2,22,24,25). The van der Waals surface area contributed by atoms with Crippen LogP contribution >= 0.6 is 11.8 Å². The molecule has 148 valence electrons. The van der Waals surface area contributed by atoms with Crippen LogP contribution in [0.3, 0.4) is 0 Å². The summed E-state index contributed by atoms with van der Waals surface area (Å²) in [6.07, 6.45) is 0. The first-order valence-electron chi connectivity index (χ1n) is 9.19. The van der Waals surface area contributed by atoms with Gasteiger partial charge in [0.1, 0.15) is 23.0 Å². The van der Waals surface area contributed by atoms with Gasteiger partial charge in [-0.1, -0.05) is 30.0 Å². The third kappa shape index (κ3) is 3.63. The second-order valence-corrected chi connectivity index (χ2v) is 7.54. The smallest absolute Gasteiger partial charge is 0.342 e. The first-order valence-corrected chi connectivity index (χ1v) is 10.2. The van der Waals surface area contributed by atoms with Crippen molar-refractivity contribution in [1.29, 1.82) is 0 Å². The van der Waals surface area contributed by atoms with Crippen LogP contribution in [0.25, 0.3) is 22.0 Å². The minimum atomic E-state index is -0.489. The number of aryl methyl sites for hydroxylation is 2. The Kier molecular flexibility index (Phi) is 5.10. The van der Waals surface area contributed by atoms with Crippen LogP contribution in [0, 0.1) is 13.8 Å². The zero-order valence-electron chi connectivity index (χ0n) is 16.4. The highest BCUT2D eigenvalue weighted by Gasteiger charge is 2.23. The molecule has 0 spiro atoms.